The van der Waals surface area contributed by atoms with Crippen LogP contribution in [0.5, 0.6) is 0 Å². The maximum absolute atomic E-state index is 12.0. The van der Waals surface area contributed by atoms with Crippen molar-refractivity contribution in [3.63, 3.8) is 0 Å². The van der Waals surface area contributed by atoms with E-state index in [0.717, 1.165) is 0 Å². The van der Waals surface area contributed by atoms with Crippen molar-refractivity contribution in [2.45, 2.75) is 4.90 Å². The Balaban J connectivity index is 2.19. The van der Waals surface area contributed by atoms with Gasteiger partial charge in [0.05, 0.1) is 10.8 Å². The Morgan fingerprint density at radius 1 is 1.41 bits per heavy atom. The number of carbonyl (C=O) groups is 1. The first-order valence-corrected chi connectivity index (χ1v) is 7.13. The zero-order valence-electron chi connectivity index (χ0n) is 8.71. The molecule has 1 aromatic rings. The van der Waals surface area contributed by atoms with Gasteiger partial charge in [-0.3, -0.25) is 4.79 Å². The quantitative estimate of drug-likeness (QED) is 0.907. The molecule has 7 heteroatoms. The van der Waals surface area contributed by atoms with E-state index in [9.17, 15) is 13.2 Å². The third kappa shape index (κ3) is 2.36. The zero-order chi connectivity index (χ0) is 12.6. The Kier molecular flexibility index (Phi) is 3.24. The molecule has 1 aliphatic heterocycles. The highest BCUT2D eigenvalue weighted by Gasteiger charge is 2.40. The van der Waals surface area contributed by atoms with Crippen LogP contribution in [-0.4, -0.2) is 36.9 Å². The number of carboxylic acid groups (broad SMARTS) is 1. The molecule has 0 atom stereocenters. The van der Waals surface area contributed by atoms with Gasteiger partial charge in [0.15, 0.2) is 0 Å². The minimum Gasteiger partial charge on any atom is -0.481 e. The summed E-state index contributed by atoms with van der Waals surface area (Å²) in [4.78, 5) is 10.8. The Labute approximate surface area is 107 Å². The van der Waals surface area contributed by atoms with Gasteiger partial charge in [-0.2, -0.15) is 4.31 Å². The highest BCUT2D eigenvalue weighted by atomic mass is 79.9. The lowest BCUT2D eigenvalue weighted by Crippen LogP contribution is -2.52. The van der Waals surface area contributed by atoms with E-state index in [2.05, 4.69) is 15.9 Å². The number of rotatable bonds is 3. The lowest BCUT2D eigenvalue weighted by atomic mass is 10.0. The van der Waals surface area contributed by atoms with Crippen molar-refractivity contribution in [3.05, 3.63) is 28.7 Å². The molecule has 1 aliphatic rings. The number of hydrogen-bond acceptors (Lipinski definition) is 3. The molecular weight excluding hydrogens is 310 g/mol. The smallest absolute Gasteiger partial charge is 0.309 e. The van der Waals surface area contributed by atoms with Gasteiger partial charge in [0.25, 0.3) is 0 Å². The van der Waals surface area contributed by atoms with Crippen LogP contribution >= 0.6 is 15.9 Å². The van der Waals surface area contributed by atoms with Gasteiger partial charge in [-0.15, -0.1) is 0 Å². The van der Waals surface area contributed by atoms with Gasteiger partial charge in [-0.1, -0.05) is 22.0 Å². The number of benzene rings is 1. The summed E-state index contributed by atoms with van der Waals surface area (Å²) in [7, 11) is -3.55. The van der Waals surface area contributed by atoms with Gasteiger partial charge in [-0.05, 0) is 18.2 Å². The molecule has 0 amide bonds. The maximum Gasteiger partial charge on any atom is 0.309 e. The van der Waals surface area contributed by atoms with Crippen LogP contribution in [0.4, 0.5) is 0 Å². The largest absolute Gasteiger partial charge is 0.481 e. The van der Waals surface area contributed by atoms with E-state index in [1.54, 1.807) is 12.1 Å². The molecule has 0 unspecified atom stereocenters. The first-order valence-electron chi connectivity index (χ1n) is 4.90. The first kappa shape index (κ1) is 12.5. The first-order chi connectivity index (χ1) is 7.91. The Morgan fingerprint density at radius 2 is 2.06 bits per heavy atom. The number of sulfonamides is 1. The van der Waals surface area contributed by atoms with Crippen molar-refractivity contribution >= 4 is 31.9 Å². The van der Waals surface area contributed by atoms with Gasteiger partial charge in [-0.25, -0.2) is 8.42 Å². The molecule has 2 rings (SSSR count). The Hall–Kier alpha value is -0.920. The Bertz CT molecular complexity index is 551. The molecule has 1 fully saturated rings. The molecule has 0 aliphatic carbocycles. The third-order valence-electron chi connectivity index (χ3n) is 2.63. The molecule has 92 valence electrons. The number of carboxylic acids is 1. The average molecular weight is 320 g/mol. The van der Waals surface area contributed by atoms with Crippen LogP contribution in [0, 0.1) is 5.92 Å². The van der Waals surface area contributed by atoms with E-state index in [-0.39, 0.29) is 18.0 Å². The minimum atomic E-state index is -3.55. The van der Waals surface area contributed by atoms with Gasteiger partial charge in [0, 0.05) is 17.6 Å². The molecule has 0 saturated carbocycles. The molecule has 1 aromatic carbocycles. The molecule has 0 bridgehead atoms. The highest BCUT2D eigenvalue weighted by molar-refractivity contribution is 9.10. The van der Waals surface area contributed by atoms with Crippen LogP contribution in [0.2, 0.25) is 0 Å². The molecule has 1 N–H and O–H groups in total. The van der Waals surface area contributed by atoms with E-state index >= 15 is 0 Å². The van der Waals surface area contributed by atoms with E-state index in [0.29, 0.717) is 4.47 Å². The van der Waals surface area contributed by atoms with E-state index in [1.165, 1.54) is 16.4 Å². The summed E-state index contributed by atoms with van der Waals surface area (Å²) < 4.78 is 25.9. The fourth-order valence-electron chi connectivity index (χ4n) is 1.57. The second kappa shape index (κ2) is 4.40. The van der Waals surface area contributed by atoms with E-state index in [1.807, 2.05) is 0 Å². The van der Waals surface area contributed by atoms with Crippen molar-refractivity contribution in [1.82, 2.24) is 4.31 Å². The molecule has 0 aromatic heterocycles. The molecule has 1 heterocycles. The van der Waals surface area contributed by atoms with Crippen molar-refractivity contribution in [2.24, 2.45) is 5.92 Å². The molecule has 0 radical (unpaired) electrons. The highest BCUT2D eigenvalue weighted by Crippen LogP contribution is 2.26. The maximum atomic E-state index is 12.0. The van der Waals surface area contributed by atoms with Crippen LogP contribution in [0.15, 0.2) is 33.6 Å². The predicted octanol–water partition coefficient (Wildman–Crippen LogP) is 1.15. The summed E-state index contributed by atoms with van der Waals surface area (Å²) in [6, 6.07) is 6.36. The van der Waals surface area contributed by atoms with Crippen molar-refractivity contribution in [3.8, 4) is 0 Å². The standard InChI is InChI=1S/C10H10BrNO4S/c11-8-2-1-3-9(4-8)17(15,16)12-5-7(6-12)10(13)14/h1-4,7H,5-6H2,(H,13,14). The van der Waals surface area contributed by atoms with E-state index < -0.39 is 21.9 Å². The van der Waals surface area contributed by atoms with Gasteiger partial charge in [0.2, 0.25) is 10.0 Å². The van der Waals surface area contributed by atoms with Crippen LogP contribution in [0.25, 0.3) is 0 Å². The lowest BCUT2D eigenvalue weighted by molar-refractivity contribution is -0.145. The summed E-state index contributed by atoms with van der Waals surface area (Å²) in [6.45, 7) is 0.0916. The summed E-state index contributed by atoms with van der Waals surface area (Å²) in [6.07, 6.45) is 0. The normalized spacial score (nSPS) is 17.7. The number of nitrogens with zero attached hydrogens (tertiary/aromatic N) is 1. The summed E-state index contributed by atoms with van der Waals surface area (Å²) in [5.74, 6) is -1.54. The minimum absolute atomic E-state index is 0.0458. The monoisotopic (exact) mass is 319 g/mol. The number of hydrogen-bond donors (Lipinski definition) is 1. The van der Waals surface area contributed by atoms with E-state index in [4.69, 9.17) is 5.11 Å². The van der Waals surface area contributed by atoms with Crippen LogP contribution in [0.1, 0.15) is 0 Å². The van der Waals surface area contributed by atoms with Crippen LogP contribution in [0.3, 0.4) is 0 Å². The fraction of sp³-hybridized carbons (Fsp3) is 0.300. The van der Waals surface area contributed by atoms with Crippen molar-refractivity contribution in [1.29, 1.82) is 0 Å². The van der Waals surface area contributed by atoms with Gasteiger partial charge >= 0.3 is 5.97 Å². The SMILES string of the molecule is O=C(O)C1CN(S(=O)(=O)c2cccc(Br)c2)C1. The second-order valence-electron chi connectivity index (χ2n) is 3.81. The number of aliphatic carboxylic acids is 1. The van der Waals surface area contributed by atoms with Crippen LogP contribution < -0.4 is 0 Å². The number of halogens is 1. The third-order valence-corrected chi connectivity index (χ3v) is 4.95. The topological polar surface area (TPSA) is 74.7 Å². The molecule has 0 spiro atoms. The molecule has 1 saturated heterocycles. The predicted molar refractivity (Wildman–Crippen MR) is 64.0 cm³/mol. The fourth-order valence-corrected chi connectivity index (χ4v) is 3.69. The molecule has 17 heavy (non-hydrogen) atoms. The average Bonchev–Trinajstić information content (AvgIpc) is 2.13. The van der Waals surface area contributed by atoms with Gasteiger partial charge in [0.1, 0.15) is 0 Å². The van der Waals surface area contributed by atoms with Crippen molar-refractivity contribution in [2.75, 3.05) is 13.1 Å². The van der Waals surface area contributed by atoms with Crippen molar-refractivity contribution < 1.29 is 18.3 Å². The van der Waals surface area contributed by atoms with Gasteiger partial charge < -0.3 is 5.11 Å². The summed E-state index contributed by atoms with van der Waals surface area (Å²) in [5, 5.41) is 8.70. The molecule has 5 nitrogen and oxygen atoms in total. The summed E-state index contributed by atoms with van der Waals surface area (Å²) >= 11 is 3.20. The van der Waals surface area contributed by atoms with Crippen LogP contribution in [-0.2, 0) is 14.8 Å². The second-order valence-corrected chi connectivity index (χ2v) is 6.67. The Morgan fingerprint density at radius 3 is 2.59 bits per heavy atom. The lowest BCUT2D eigenvalue weighted by Gasteiger charge is -2.35. The summed E-state index contributed by atoms with van der Waals surface area (Å²) in [5.41, 5.74) is 0. The molecular formula is C10H10BrNO4S. The zero-order valence-corrected chi connectivity index (χ0v) is 11.1.